The summed E-state index contributed by atoms with van der Waals surface area (Å²) >= 11 is 0. The molecule has 1 aliphatic rings. The second-order valence-corrected chi connectivity index (χ2v) is 9.08. The standard InChI is InChI=1S/C29H34N2O4/c1-3-35-28(32)12-9-21-7-10-23-11-8-22(18-25(23)17-21)20-31-15-13-26(14-16-31)30-29(33)24-5-4-6-27(19-24)34-2/h4-8,10-11,17-19,26H,3,9,12-16,20H2,1-2H3,(H,30,33). The van der Waals surface area contributed by atoms with Gasteiger partial charge in [0, 0.05) is 37.7 Å². The minimum atomic E-state index is -0.149. The van der Waals surface area contributed by atoms with Crippen LogP contribution >= 0.6 is 0 Å². The number of amides is 1. The molecule has 0 saturated carbocycles. The van der Waals surface area contributed by atoms with E-state index in [1.165, 1.54) is 16.3 Å². The number of benzene rings is 3. The zero-order valence-electron chi connectivity index (χ0n) is 20.6. The summed E-state index contributed by atoms with van der Waals surface area (Å²) in [6.07, 6.45) is 2.96. The molecule has 0 aromatic heterocycles. The number of hydrogen-bond donors (Lipinski definition) is 1. The van der Waals surface area contributed by atoms with Gasteiger partial charge in [0.15, 0.2) is 0 Å². The molecule has 184 valence electrons. The fourth-order valence-electron chi connectivity index (χ4n) is 4.61. The van der Waals surface area contributed by atoms with E-state index in [0.29, 0.717) is 30.8 Å². The minimum Gasteiger partial charge on any atom is -0.497 e. The molecule has 0 atom stereocenters. The van der Waals surface area contributed by atoms with Gasteiger partial charge in [-0.25, -0.2) is 0 Å². The molecular weight excluding hydrogens is 440 g/mol. The van der Waals surface area contributed by atoms with Crippen molar-refractivity contribution in [1.82, 2.24) is 10.2 Å². The number of piperidine rings is 1. The summed E-state index contributed by atoms with van der Waals surface area (Å²) in [7, 11) is 1.60. The third-order valence-corrected chi connectivity index (χ3v) is 6.55. The number of hydrogen-bond acceptors (Lipinski definition) is 5. The molecule has 0 radical (unpaired) electrons. The van der Waals surface area contributed by atoms with Crippen molar-refractivity contribution in [3.8, 4) is 5.75 Å². The summed E-state index contributed by atoms with van der Waals surface area (Å²) in [6, 6.07) is 20.4. The second kappa shape index (κ2) is 11.8. The SMILES string of the molecule is CCOC(=O)CCc1ccc2ccc(CN3CCC(NC(=O)c4cccc(OC)c4)CC3)cc2c1. The first-order valence-corrected chi connectivity index (χ1v) is 12.4. The Bertz CT molecular complexity index is 1170. The molecule has 0 unspecified atom stereocenters. The van der Waals surface area contributed by atoms with Crippen molar-refractivity contribution in [2.24, 2.45) is 0 Å². The molecule has 1 aliphatic heterocycles. The van der Waals surface area contributed by atoms with E-state index in [-0.39, 0.29) is 17.9 Å². The van der Waals surface area contributed by atoms with Crippen LogP contribution in [-0.2, 0) is 22.5 Å². The molecule has 1 amide bonds. The molecule has 4 rings (SSSR count). The maximum atomic E-state index is 12.6. The Morgan fingerprint density at radius 2 is 1.71 bits per heavy atom. The predicted molar refractivity (Wildman–Crippen MR) is 138 cm³/mol. The Morgan fingerprint density at radius 1 is 0.971 bits per heavy atom. The lowest BCUT2D eigenvalue weighted by molar-refractivity contribution is -0.143. The van der Waals surface area contributed by atoms with Gasteiger partial charge in [0.25, 0.3) is 5.91 Å². The van der Waals surface area contributed by atoms with Gasteiger partial charge >= 0.3 is 5.97 Å². The molecular formula is C29H34N2O4. The summed E-state index contributed by atoms with van der Waals surface area (Å²) in [4.78, 5) is 26.7. The van der Waals surface area contributed by atoms with Crippen LogP contribution in [0.5, 0.6) is 5.75 Å². The van der Waals surface area contributed by atoms with Gasteiger partial charge in [-0.05, 0) is 72.4 Å². The van der Waals surface area contributed by atoms with Crippen LogP contribution < -0.4 is 10.1 Å². The summed E-state index contributed by atoms with van der Waals surface area (Å²) in [5.74, 6) is 0.494. The smallest absolute Gasteiger partial charge is 0.306 e. The molecule has 3 aromatic carbocycles. The average Bonchev–Trinajstić information content (AvgIpc) is 2.88. The van der Waals surface area contributed by atoms with Gasteiger partial charge in [-0.2, -0.15) is 0 Å². The third-order valence-electron chi connectivity index (χ3n) is 6.55. The van der Waals surface area contributed by atoms with Crippen molar-refractivity contribution in [3.05, 3.63) is 77.4 Å². The number of rotatable bonds is 9. The van der Waals surface area contributed by atoms with Crippen LogP contribution in [0.15, 0.2) is 60.7 Å². The Hall–Kier alpha value is -3.38. The first-order chi connectivity index (χ1) is 17.0. The Morgan fingerprint density at radius 3 is 2.46 bits per heavy atom. The number of carbonyl (C=O) groups is 2. The van der Waals surface area contributed by atoms with E-state index in [2.05, 4.69) is 46.6 Å². The lowest BCUT2D eigenvalue weighted by Crippen LogP contribution is -2.44. The normalized spacial score (nSPS) is 14.6. The maximum absolute atomic E-state index is 12.6. The Kier molecular flexibility index (Phi) is 8.37. The summed E-state index contributed by atoms with van der Waals surface area (Å²) in [5, 5.41) is 5.57. The fourth-order valence-corrected chi connectivity index (χ4v) is 4.61. The molecule has 0 aliphatic carbocycles. The highest BCUT2D eigenvalue weighted by Crippen LogP contribution is 2.22. The van der Waals surface area contributed by atoms with Crippen molar-refractivity contribution in [2.75, 3.05) is 26.8 Å². The van der Waals surface area contributed by atoms with Crippen LogP contribution in [0.3, 0.4) is 0 Å². The zero-order chi connectivity index (χ0) is 24.6. The van der Waals surface area contributed by atoms with Crippen molar-refractivity contribution < 1.29 is 19.1 Å². The van der Waals surface area contributed by atoms with Crippen molar-refractivity contribution in [2.45, 2.75) is 45.2 Å². The summed E-state index contributed by atoms with van der Waals surface area (Å²) in [6.45, 7) is 5.03. The predicted octanol–water partition coefficient (Wildman–Crippen LogP) is 4.74. The van der Waals surface area contributed by atoms with E-state index < -0.39 is 0 Å². The van der Waals surface area contributed by atoms with Crippen LogP contribution in [0.1, 0.15) is 47.7 Å². The first-order valence-electron chi connectivity index (χ1n) is 12.4. The highest BCUT2D eigenvalue weighted by molar-refractivity contribution is 5.94. The van der Waals surface area contributed by atoms with Crippen LogP contribution in [0.2, 0.25) is 0 Å². The minimum absolute atomic E-state index is 0.0457. The quantitative estimate of drug-likeness (QED) is 0.454. The largest absolute Gasteiger partial charge is 0.497 e. The van der Waals surface area contributed by atoms with Crippen LogP contribution in [-0.4, -0.2) is 49.6 Å². The summed E-state index contributed by atoms with van der Waals surface area (Å²) in [5.41, 5.74) is 3.05. The van der Waals surface area contributed by atoms with Gasteiger partial charge in [-0.3, -0.25) is 14.5 Å². The number of fused-ring (bicyclic) bond motifs is 1. The topological polar surface area (TPSA) is 67.9 Å². The second-order valence-electron chi connectivity index (χ2n) is 9.08. The van der Waals surface area contributed by atoms with Gasteiger partial charge in [0.2, 0.25) is 0 Å². The summed E-state index contributed by atoms with van der Waals surface area (Å²) < 4.78 is 10.3. The number of nitrogens with zero attached hydrogens (tertiary/aromatic N) is 1. The number of esters is 1. The zero-order valence-corrected chi connectivity index (χ0v) is 20.6. The molecule has 3 aromatic rings. The molecule has 1 saturated heterocycles. The van der Waals surface area contributed by atoms with E-state index in [9.17, 15) is 9.59 Å². The van der Waals surface area contributed by atoms with Gasteiger partial charge in [0.05, 0.1) is 13.7 Å². The number of nitrogens with one attached hydrogen (secondary N) is 1. The number of likely N-dealkylation sites (tertiary alicyclic amines) is 1. The van der Waals surface area contributed by atoms with E-state index in [1.54, 1.807) is 13.2 Å². The van der Waals surface area contributed by atoms with E-state index in [4.69, 9.17) is 9.47 Å². The lowest BCUT2D eigenvalue weighted by Gasteiger charge is -2.32. The number of methoxy groups -OCH3 is 1. The van der Waals surface area contributed by atoms with Gasteiger partial charge in [-0.15, -0.1) is 0 Å². The highest BCUT2D eigenvalue weighted by Gasteiger charge is 2.21. The van der Waals surface area contributed by atoms with E-state index in [1.807, 2.05) is 25.1 Å². The van der Waals surface area contributed by atoms with Crippen LogP contribution in [0.4, 0.5) is 0 Å². The number of aryl methyl sites for hydroxylation is 1. The van der Waals surface area contributed by atoms with Crippen LogP contribution in [0, 0.1) is 0 Å². The molecule has 0 spiro atoms. The first kappa shape index (κ1) is 24.7. The lowest BCUT2D eigenvalue weighted by atomic mass is 10.0. The average molecular weight is 475 g/mol. The number of carbonyl (C=O) groups excluding carboxylic acids is 2. The van der Waals surface area contributed by atoms with E-state index >= 15 is 0 Å². The monoisotopic (exact) mass is 474 g/mol. The fraction of sp³-hybridized carbons (Fsp3) is 0.379. The Balaban J connectivity index is 1.30. The maximum Gasteiger partial charge on any atom is 0.306 e. The van der Waals surface area contributed by atoms with E-state index in [0.717, 1.165) is 38.0 Å². The third kappa shape index (κ3) is 6.83. The van der Waals surface area contributed by atoms with Gasteiger partial charge in [-0.1, -0.05) is 36.4 Å². The Labute approximate surface area is 207 Å². The molecule has 1 fully saturated rings. The van der Waals surface area contributed by atoms with Crippen molar-refractivity contribution in [3.63, 3.8) is 0 Å². The molecule has 1 heterocycles. The molecule has 35 heavy (non-hydrogen) atoms. The molecule has 6 nitrogen and oxygen atoms in total. The molecule has 0 bridgehead atoms. The van der Waals surface area contributed by atoms with Crippen molar-refractivity contribution in [1.29, 1.82) is 0 Å². The molecule has 6 heteroatoms. The van der Waals surface area contributed by atoms with Gasteiger partial charge in [0.1, 0.15) is 5.75 Å². The molecule has 1 N–H and O–H groups in total. The highest BCUT2D eigenvalue weighted by atomic mass is 16.5. The van der Waals surface area contributed by atoms with Gasteiger partial charge < -0.3 is 14.8 Å². The van der Waals surface area contributed by atoms with Crippen molar-refractivity contribution >= 4 is 22.6 Å². The van der Waals surface area contributed by atoms with Crippen LogP contribution in [0.25, 0.3) is 10.8 Å². The number of ether oxygens (including phenoxy) is 2.